The third-order valence-electron chi connectivity index (χ3n) is 6.47. The Kier molecular flexibility index (Phi) is 9.22. The van der Waals surface area contributed by atoms with Crippen LogP contribution in [0, 0.1) is 23.4 Å². The van der Waals surface area contributed by atoms with Crippen LogP contribution in [0.1, 0.15) is 52.9 Å². The predicted octanol–water partition coefficient (Wildman–Crippen LogP) is 5.78. The van der Waals surface area contributed by atoms with Crippen molar-refractivity contribution in [2.24, 2.45) is 11.7 Å². The maximum absolute atomic E-state index is 14.2. The van der Waals surface area contributed by atoms with E-state index < -0.39 is 59.3 Å². The lowest BCUT2D eigenvalue weighted by atomic mass is 9.94. The zero-order valence-electron chi connectivity index (χ0n) is 23.1. The number of nitrogens with two attached hydrogens (primary N) is 1. The number of alkyl halides is 3. The van der Waals surface area contributed by atoms with Crippen LogP contribution >= 0.6 is 0 Å². The number of amides is 2. The second-order valence-electron chi connectivity index (χ2n) is 10.4. The number of nitrogens with zero attached hydrogens (tertiary/aromatic N) is 3. The average molecular weight is 604 g/mol. The number of carbonyl (C=O) groups is 2. The number of carbonyl (C=O) groups excluding carboxylic acids is 2. The minimum atomic E-state index is -4.72. The molecule has 2 amide bonds. The van der Waals surface area contributed by atoms with Gasteiger partial charge in [0.2, 0.25) is 5.91 Å². The fraction of sp³-hybridized carbons (Fsp3) is 0.267. The molecule has 0 spiro atoms. The van der Waals surface area contributed by atoms with Crippen molar-refractivity contribution in [1.82, 2.24) is 20.1 Å². The van der Waals surface area contributed by atoms with Crippen molar-refractivity contribution in [3.63, 3.8) is 0 Å². The Hall–Kier alpha value is -4.68. The number of benzene rings is 2. The van der Waals surface area contributed by atoms with Gasteiger partial charge in [-0.15, -0.1) is 0 Å². The summed E-state index contributed by atoms with van der Waals surface area (Å²) in [6, 6.07) is 9.37. The summed E-state index contributed by atoms with van der Waals surface area (Å²) in [5, 5.41) is 6.30. The fourth-order valence-corrected chi connectivity index (χ4v) is 4.69. The summed E-state index contributed by atoms with van der Waals surface area (Å²) < 4.78 is 83.5. The van der Waals surface area contributed by atoms with E-state index in [4.69, 9.17) is 5.73 Å². The lowest BCUT2D eigenvalue weighted by molar-refractivity contribution is -0.141. The highest BCUT2D eigenvalue weighted by molar-refractivity contribution is 5.94. The average Bonchev–Trinajstić information content (AvgIpc) is 3.29. The minimum absolute atomic E-state index is 0.0349. The molecule has 1 unspecified atom stereocenters. The number of rotatable bonds is 10. The van der Waals surface area contributed by atoms with E-state index in [1.807, 2.05) is 0 Å². The number of hydrogen-bond donors (Lipinski definition) is 2. The van der Waals surface area contributed by atoms with Gasteiger partial charge in [-0.25, -0.2) is 13.2 Å². The Bertz CT molecular complexity index is 1630. The molecule has 4 aromatic rings. The van der Waals surface area contributed by atoms with Gasteiger partial charge in [0, 0.05) is 23.5 Å². The molecule has 4 rings (SSSR count). The zero-order valence-corrected chi connectivity index (χ0v) is 23.1. The molecule has 2 aromatic carbocycles. The van der Waals surface area contributed by atoms with Crippen LogP contribution in [0.5, 0.6) is 0 Å². The number of aromatic nitrogens is 3. The van der Waals surface area contributed by atoms with Crippen LogP contribution in [0.3, 0.4) is 0 Å². The van der Waals surface area contributed by atoms with Crippen LogP contribution in [-0.2, 0) is 30.4 Å². The van der Waals surface area contributed by atoms with E-state index in [1.165, 1.54) is 18.3 Å². The lowest BCUT2D eigenvalue weighted by Crippen LogP contribution is -2.34. The van der Waals surface area contributed by atoms with Gasteiger partial charge < -0.3 is 11.1 Å². The van der Waals surface area contributed by atoms with Gasteiger partial charge in [-0.05, 0) is 66.3 Å². The molecule has 226 valence electrons. The van der Waals surface area contributed by atoms with E-state index in [-0.39, 0.29) is 35.7 Å². The van der Waals surface area contributed by atoms with Gasteiger partial charge in [-0.3, -0.25) is 19.3 Å². The van der Waals surface area contributed by atoms with E-state index in [0.717, 1.165) is 28.9 Å². The third kappa shape index (κ3) is 7.79. The molecule has 13 heteroatoms. The Morgan fingerprint density at radius 1 is 0.977 bits per heavy atom. The number of pyridine rings is 1. The molecule has 0 aliphatic rings. The highest BCUT2D eigenvalue weighted by Crippen LogP contribution is 2.31. The molecule has 2 heterocycles. The molecular formula is C30H27F6N5O2. The van der Waals surface area contributed by atoms with Gasteiger partial charge in [0.1, 0.15) is 24.0 Å². The summed E-state index contributed by atoms with van der Waals surface area (Å²) in [6.07, 6.45) is -3.29. The molecule has 0 radical (unpaired) electrons. The first-order valence-corrected chi connectivity index (χ1v) is 13.1. The van der Waals surface area contributed by atoms with Crippen molar-refractivity contribution in [3.8, 4) is 11.1 Å². The Balaban J connectivity index is 1.74. The fourth-order valence-electron chi connectivity index (χ4n) is 4.69. The molecule has 2 aromatic heterocycles. The topological polar surface area (TPSA) is 103 Å². The summed E-state index contributed by atoms with van der Waals surface area (Å²) in [5.74, 6) is -4.37. The highest BCUT2D eigenvalue weighted by atomic mass is 19.4. The highest BCUT2D eigenvalue weighted by Gasteiger charge is 2.35. The second kappa shape index (κ2) is 12.7. The molecule has 0 saturated carbocycles. The first-order valence-electron chi connectivity index (χ1n) is 13.1. The molecular weight excluding hydrogens is 576 g/mol. The minimum Gasteiger partial charge on any atom is -0.366 e. The summed E-state index contributed by atoms with van der Waals surface area (Å²) >= 11 is 0. The largest absolute Gasteiger partial charge is 0.435 e. The van der Waals surface area contributed by atoms with E-state index in [1.54, 1.807) is 26.0 Å². The Labute approximate surface area is 242 Å². The summed E-state index contributed by atoms with van der Waals surface area (Å²) in [7, 11) is 0. The number of hydrogen-bond acceptors (Lipinski definition) is 4. The molecule has 3 N–H and O–H groups in total. The number of nitrogens with one attached hydrogen (secondary N) is 1. The molecule has 0 aliphatic carbocycles. The lowest BCUT2D eigenvalue weighted by Gasteiger charge is -2.22. The van der Waals surface area contributed by atoms with Crippen molar-refractivity contribution >= 4 is 11.8 Å². The number of primary amides is 1. The van der Waals surface area contributed by atoms with Gasteiger partial charge in [0.15, 0.2) is 5.69 Å². The Morgan fingerprint density at radius 3 is 2.30 bits per heavy atom. The van der Waals surface area contributed by atoms with Crippen LogP contribution in [0.2, 0.25) is 0 Å². The third-order valence-corrected chi connectivity index (χ3v) is 6.47. The Morgan fingerprint density at radius 2 is 1.67 bits per heavy atom. The quantitative estimate of drug-likeness (QED) is 0.225. The smallest absolute Gasteiger partial charge is 0.366 e. The summed E-state index contributed by atoms with van der Waals surface area (Å²) in [6.45, 7) is 3.03. The standard InChI is InChI=1S/C30H27F6N5O2/c1-16(2)8-21-14-26(30(34,35)36)40-41(21)15-27(42)39-25(11-17-9-19(31)13-20(32)10-17)28-22(4-3-7-38-28)18-5-6-24(33)23(12-18)29(37)43/h3-7,9-10,12-14,16,25H,8,11,15H2,1-2H3,(H2,37,43)(H,39,42). The van der Waals surface area contributed by atoms with Crippen LogP contribution < -0.4 is 11.1 Å². The van der Waals surface area contributed by atoms with Gasteiger partial charge in [-0.1, -0.05) is 26.0 Å². The van der Waals surface area contributed by atoms with Crippen molar-refractivity contribution < 1.29 is 35.9 Å². The van der Waals surface area contributed by atoms with Crippen LogP contribution in [0.4, 0.5) is 26.3 Å². The van der Waals surface area contributed by atoms with Crippen molar-refractivity contribution in [2.75, 3.05) is 0 Å². The molecule has 1 atom stereocenters. The monoisotopic (exact) mass is 603 g/mol. The molecule has 0 bridgehead atoms. The first kappa shape index (κ1) is 31.3. The van der Waals surface area contributed by atoms with E-state index in [2.05, 4.69) is 15.4 Å². The van der Waals surface area contributed by atoms with Crippen molar-refractivity contribution in [2.45, 2.75) is 45.5 Å². The van der Waals surface area contributed by atoms with E-state index in [0.29, 0.717) is 17.2 Å². The van der Waals surface area contributed by atoms with Gasteiger partial charge in [0.25, 0.3) is 5.91 Å². The maximum Gasteiger partial charge on any atom is 0.435 e. The van der Waals surface area contributed by atoms with Crippen LogP contribution in [0.25, 0.3) is 11.1 Å². The van der Waals surface area contributed by atoms with Crippen LogP contribution in [0.15, 0.2) is 60.8 Å². The molecule has 0 saturated heterocycles. The number of halogens is 6. The molecule has 7 nitrogen and oxygen atoms in total. The van der Waals surface area contributed by atoms with E-state index in [9.17, 15) is 35.9 Å². The normalized spacial score (nSPS) is 12.4. The van der Waals surface area contributed by atoms with Gasteiger partial charge in [-0.2, -0.15) is 18.3 Å². The maximum atomic E-state index is 14.2. The van der Waals surface area contributed by atoms with Crippen molar-refractivity contribution in [1.29, 1.82) is 0 Å². The molecule has 43 heavy (non-hydrogen) atoms. The van der Waals surface area contributed by atoms with E-state index >= 15 is 0 Å². The second-order valence-corrected chi connectivity index (χ2v) is 10.4. The van der Waals surface area contributed by atoms with Gasteiger partial charge >= 0.3 is 6.18 Å². The SMILES string of the molecule is CC(C)Cc1cc(C(F)(F)F)nn1CC(=O)NC(Cc1cc(F)cc(F)c1)c1ncccc1-c1ccc(F)c(C(N)=O)c1. The zero-order chi connectivity index (χ0) is 31.5. The predicted molar refractivity (Wildman–Crippen MR) is 145 cm³/mol. The molecule has 0 fully saturated rings. The summed E-state index contributed by atoms with van der Waals surface area (Å²) in [5.41, 5.74) is 4.94. The van der Waals surface area contributed by atoms with Crippen LogP contribution in [-0.4, -0.2) is 26.6 Å². The molecule has 0 aliphatic heterocycles. The first-order chi connectivity index (χ1) is 20.2. The van der Waals surface area contributed by atoms with Crippen molar-refractivity contribution in [3.05, 3.63) is 106 Å². The summed E-state index contributed by atoms with van der Waals surface area (Å²) in [4.78, 5) is 29.4. The van der Waals surface area contributed by atoms with Gasteiger partial charge in [0.05, 0.1) is 17.3 Å².